The summed E-state index contributed by atoms with van der Waals surface area (Å²) in [7, 11) is -4.06. The van der Waals surface area contributed by atoms with E-state index in [4.69, 9.17) is 9.47 Å². The van der Waals surface area contributed by atoms with Gasteiger partial charge >= 0.3 is 0 Å². The highest BCUT2D eigenvalue weighted by Gasteiger charge is 2.40. The number of piperazine rings is 1. The van der Waals surface area contributed by atoms with Crippen molar-refractivity contribution in [1.29, 1.82) is 0 Å². The number of hydrogen-bond acceptors (Lipinski definition) is 7. The third-order valence-corrected chi connectivity index (χ3v) is 7.26. The van der Waals surface area contributed by atoms with Gasteiger partial charge < -0.3 is 14.4 Å². The molecule has 164 valence electrons. The van der Waals surface area contributed by atoms with Crippen LogP contribution < -0.4 is 9.47 Å². The predicted octanol–water partition coefficient (Wildman–Crippen LogP) is 1.66. The summed E-state index contributed by atoms with van der Waals surface area (Å²) in [6, 6.07) is 12.3. The first-order chi connectivity index (χ1) is 14.8. The molecule has 0 spiro atoms. The van der Waals surface area contributed by atoms with Crippen molar-refractivity contribution in [3.05, 3.63) is 58.6 Å². The molecular formula is C20H21N3O7S. The molecule has 0 bridgehead atoms. The lowest BCUT2D eigenvalue weighted by Crippen LogP contribution is -2.56. The van der Waals surface area contributed by atoms with E-state index in [-0.39, 0.29) is 37.0 Å². The predicted molar refractivity (Wildman–Crippen MR) is 109 cm³/mol. The first-order valence-corrected chi connectivity index (χ1v) is 11.2. The Hall–Kier alpha value is -3.18. The van der Waals surface area contributed by atoms with Gasteiger partial charge in [0.05, 0.1) is 4.92 Å². The van der Waals surface area contributed by atoms with E-state index >= 15 is 0 Å². The number of fused-ring (bicyclic) bond motifs is 1. The molecule has 0 aliphatic carbocycles. The number of carbonyl (C=O) groups excluding carboxylic acids is 1. The van der Waals surface area contributed by atoms with Crippen LogP contribution in [-0.4, -0.2) is 66.8 Å². The number of sulfonamides is 1. The van der Waals surface area contributed by atoms with Gasteiger partial charge in [-0.2, -0.15) is 4.31 Å². The van der Waals surface area contributed by atoms with Crippen LogP contribution in [0.15, 0.2) is 53.4 Å². The van der Waals surface area contributed by atoms with Gasteiger partial charge in [0.2, 0.25) is 16.1 Å². The van der Waals surface area contributed by atoms with E-state index in [0.29, 0.717) is 11.5 Å². The van der Waals surface area contributed by atoms with Crippen molar-refractivity contribution in [2.24, 2.45) is 0 Å². The molecule has 2 unspecified atom stereocenters. The lowest BCUT2D eigenvalue weighted by atomic mass is 10.1. The first kappa shape index (κ1) is 21.1. The van der Waals surface area contributed by atoms with Gasteiger partial charge in [-0.15, -0.1) is 0 Å². The number of nitro groups is 1. The maximum absolute atomic E-state index is 13.0. The van der Waals surface area contributed by atoms with Crippen molar-refractivity contribution < 1.29 is 27.6 Å². The molecule has 2 aromatic carbocycles. The Morgan fingerprint density at radius 2 is 1.58 bits per heavy atom. The Labute approximate surface area is 179 Å². The van der Waals surface area contributed by atoms with E-state index < -0.39 is 32.8 Å². The minimum absolute atomic E-state index is 0.0265. The highest BCUT2D eigenvalue weighted by atomic mass is 32.2. The number of ether oxygens (including phenoxy) is 2. The highest BCUT2D eigenvalue weighted by molar-refractivity contribution is 7.89. The van der Waals surface area contributed by atoms with E-state index in [0.717, 1.165) is 10.4 Å². The molecule has 4 rings (SSSR count). The first-order valence-electron chi connectivity index (χ1n) is 9.74. The maximum Gasteiger partial charge on any atom is 0.289 e. The monoisotopic (exact) mass is 447 g/mol. The largest absolute Gasteiger partial charge is 0.482 e. The van der Waals surface area contributed by atoms with E-state index in [1.807, 2.05) is 6.07 Å². The molecule has 31 heavy (non-hydrogen) atoms. The van der Waals surface area contributed by atoms with Gasteiger partial charge in [0.15, 0.2) is 16.4 Å². The molecule has 0 N–H and O–H groups in total. The summed E-state index contributed by atoms with van der Waals surface area (Å²) in [5, 5.41) is 11.2. The van der Waals surface area contributed by atoms with Crippen LogP contribution in [0.25, 0.3) is 0 Å². The average molecular weight is 447 g/mol. The van der Waals surface area contributed by atoms with E-state index in [2.05, 4.69) is 0 Å². The average Bonchev–Trinajstić information content (AvgIpc) is 2.78. The van der Waals surface area contributed by atoms with E-state index in [9.17, 15) is 23.3 Å². The SMILES string of the molecule is CC1Oc2ccccc2OC1C(=O)N1CCN(S(=O)(=O)c2ccccc2[N+](=O)[O-])CC1. The lowest BCUT2D eigenvalue weighted by Gasteiger charge is -2.38. The van der Waals surface area contributed by atoms with Crippen molar-refractivity contribution >= 4 is 21.6 Å². The molecule has 1 fully saturated rings. The number of amides is 1. The van der Waals surface area contributed by atoms with E-state index in [1.165, 1.54) is 23.1 Å². The maximum atomic E-state index is 13.0. The summed E-state index contributed by atoms with van der Waals surface area (Å²) >= 11 is 0. The number of para-hydroxylation sites is 3. The third-order valence-electron chi connectivity index (χ3n) is 5.32. The van der Waals surface area contributed by atoms with Crippen LogP contribution in [0.1, 0.15) is 6.92 Å². The van der Waals surface area contributed by atoms with Crippen molar-refractivity contribution in [2.75, 3.05) is 26.2 Å². The quantitative estimate of drug-likeness (QED) is 0.516. The zero-order valence-electron chi connectivity index (χ0n) is 16.7. The van der Waals surface area contributed by atoms with Gasteiger partial charge in [0, 0.05) is 32.2 Å². The van der Waals surface area contributed by atoms with Crippen molar-refractivity contribution in [3.63, 3.8) is 0 Å². The van der Waals surface area contributed by atoms with Crippen LogP contribution in [0.3, 0.4) is 0 Å². The van der Waals surface area contributed by atoms with Crippen LogP contribution >= 0.6 is 0 Å². The molecule has 0 saturated carbocycles. The van der Waals surface area contributed by atoms with Crippen LogP contribution in [0.4, 0.5) is 5.69 Å². The minimum atomic E-state index is -4.06. The van der Waals surface area contributed by atoms with Gasteiger partial charge in [0.1, 0.15) is 6.10 Å². The van der Waals surface area contributed by atoms with Crippen LogP contribution in [0.2, 0.25) is 0 Å². The minimum Gasteiger partial charge on any atom is -0.482 e. The Morgan fingerprint density at radius 1 is 1.00 bits per heavy atom. The summed E-state index contributed by atoms with van der Waals surface area (Å²) < 4.78 is 38.7. The Morgan fingerprint density at radius 3 is 2.23 bits per heavy atom. The fourth-order valence-corrected chi connectivity index (χ4v) is 5.26. The summed E-state index contributed by atoms with van der Waals surface area (Å²) in [5.74, 6) is 0.765. The summed E-state index contributed by atoms with van der Waals surface area (Å²) in [4.78, 5) is 24.7. The molecule has 2 aliphatic rings. The smallest absolute Gasteiger partial charge is 0.289 e. The second-order valence-corrected chi connectivity index (χ2v) is 9.17. The standard InChI is InChI=1S/C20H21N3O7S/c1-14-19(30-17-8-4-3-7-16(17)29-14)20(24)21-10-12-22(13-11-21)31(27,28)18-9-5-2-6-15(18)23(25)26/h2-9,14,19H,10-13H2,1H3. The van der Waals surface area contributed by atoms with Crippen molar-refractivity contribution in [3.8, 4) is 11.5 Å². The second-order valence-electron chi connectivity index (χ2n) is 7.26. The van der Waals surface area contributed by atoms with Gasteiger partial charge in [-0.1, -0.05) is 24.3 Å². The molecule has 2 aliphatic heterocycles. The van der Waals surface area contributed by atoms with Crippen molar-refractivity contribution in [1.82, 2.24) is 9.21 Å². The molecule has 1 saturated heterocycles. The molecule has 1 amide bonds. The fourth-order valence-electron chi connectivity index (χ4n) is 3.68. The molecule has 2 heterocycles. The second kappa shape index (κ2) is 8.16. The number of nitrogens with zero attached hydrogens (tertiary/aromatic N) is 3. The zero-order chi connectivity index (χ0) is 22.2. The van der Waals surface area contributed by atoms with E-state index in [1.54, 1.807) is 25.1 Å². The molecule has 0 aromatic heterocycles. The Bertz CT molecular complexity index is 1110. The highest BCUT2D eigenvalue weighted by Crippen LogP contribution is 2.34. The summed E-state index contributed by atoms with van der Waals surface area (Å²) in [5.41, 5.74) is -0.471. The number of hydrogen-bond donors (Lipinski definition) is 0. The normalized spacial score (nSPS) is 21.5. The number of carbonyl (C=O) groups is 1. The van der Waals surface area contributed by atoms with Gasteiger partial charge in [0.25, 0.3) is 11.6 Å². The van der Waals surface area contributed by atoms with Crippen LogP contribution in [0.5, 0.6) is 11.5 Å². The van der Waals surface area contributed by atoms with Gasteiger partial charge in [-0.3, -0.25) is 14.9 Å². The number of nitro benzene ring substituents is 1. The van der Waals surface area contributed by atoms with Crippen molar-refractivity contribution in [2.45, 2.75) is 24.0 Å². The molecular weight excluding hydrogens is 426 g/mol. The lowest BCUT2D eigenvalue weighted by molar-refractivity contribution is -0.387. The van der Waals surface area contributed by atoms with Crippen LogP contribution in [-0.2, 0) is 14.8 Å². The fraction of sp³-hybridized carbons (Fsp3) is 0.350. The summed E-state index contributed by atoms with van der Waals surface area (Å²) in [6.45, 7) is 2.09. The molecule has 2 aromatic rings. The van der Waals surface area contributed by atoms with Gasteiger partial charge in [-0.05, 0) is 25.1 Å². The zero-order valence-corrected chi connectivity index (χ0v) is 17.5. The topological polar surface area (TPSA) is 119 Å². The Kier molecular flexibility index (Phi) is 5.54. The number of rotatable bonds is 4. The number of benzene rings is 2. The Balaban J connectivity index is 1.45. The summed E-state index contributed by atoms with van der Waals surface area (Å²) in [6.07, 6.45) is -1.34. The molecule has 10 nitrogen and oxygen atoms in total. The molecule has 2 atom stereocenters. The van der Waals surface area contributed by atoms with Gasteiger partial charge in [-0.25, -0.2) is 8.42 Å². The molecule has 11 heteroatoms. The molecule has 0 radical (unpaired) electrons. The van der Waals surface area contributed by atoms with Crippen LogP contribution in [0, 0.1) is 10.1 Å². The third kappa shape index (κ3) is 3.93.